The van der Waals surface area contributed by atoms with E-state index in [9.17, 15) is 23.2 Å². The third-order valence-corrected chi connectivity index (χ3v) is 3.32. The van der Waals surface area contributed by atoms with E-state index in [0.717, 1.165) is 31.4 Å². The Bertz CT molecular complexity index is 825. The largest absolute Gasteiger partial charge is 0.467 e. The maximum Gasteiger partial charge on any atom is 0.338 e. The van der Waals surface area contributed by atoms with E-state index in [-0.39, 0.29) is 11.1 Å². The molecular formula is C18H15F2NO5. The number of hydrogen-bond donors (Lipinski definition) is 1. The summed E-state index contributed by atoms with van der Waals surface area (Å²) in [5.74, 6) is -3.73. The van der Waals surface area contributed by atoms with Gasteiger partial charge in [-0.3, -0.25) is 4.79 Å². The van der Waals surface area contributed by atoms with Crippen LogP contribution in [0, 0.1) is 11.6 Å². The molecule has 0 radical (unpaired) electrons. The van der Waals surface area contributed by atoms with E-state index in [1.54, 1.807) is 0 Å². The first-order valence-corrected chi connectivity index (χ1v) is 7.47. The minimum Gasteiger partial charge on any atom is -0.467 e. The molecule has 136 valence electrons. The maximum absolute atomic E-state index is 13.2. The number of hydrogen-bond acceptors (Lipinski definition) is 5. The van der Waals surface area contributed by atoms with Crippen LogP contribution in [0.15, 0.2) is 48.5 Å². The molecule has 0 saturated heterocycles. The van der Waals surface area contributed by atoms with E-state index in [1.807, 2.05) is 0 Å². The lowest BCUT2D eigenvalue weighted by molar-refractivity contribution is -0.143. The predicted molar refractivity (Wildman–Crippen MR) is 86.4 cm³/mol. The van der Waals surface area contributed by atoms with Crippen molar-refractivity contribution in [2.45, 2.75) is 6.04 Å². The Labute approximate surface area is 147 Å². The number of rotatable bonds is 6. The number of carbonyl (C=O) groups is 3. The fraction of sp³-hybridized carbons (Fsp3) is 0.167. The molecule has 2 aromatic carbocycles. The number of amides is 1. The second kappa shape index (κ2) is 8.70. The van der Waals surface area contributed by atoms with Crippen molar-refractivity contribution in [1.82, 2.24) is 5.32 Å². The second-order valence-corrected chi connectivity index (χ2v) is 5.17. The molecule has 8 heteroatoms. The van der Waals surface area contributed by atoms with Gasteiger partial charge in [0, 0.05) is 5.56 Å². The number of nitrogens with one attached hydrogen (secondary N) is 1. The van der Waals surface area contributed by atoms with Crippen molar-refractivity contribution in [3.63, 3.8) is 0 Å². The topological polar surface area (TPSA) is 81.7 Å². The Morgan fingerprint density at radius 3 is 2.15 bits per heavy atom. The Morgan fingerprint density at radius 2 is 1.58 bits per heavy atom. The van der Waals surface area contributed by atoms with Gasteiger partial charge in [0.25, 0.3) is 5.91 Å². The molecule has 0 aliphatic heterocycles. The van der Waals surface area contributed by atoms with E-state index in [1.165, 1.54) is 24.3 Å². The molecule has 2 rings (SSSR count). The van der Waals surface area contributed by atoms with E-state index >= 15 is 0 Å². The van der Waals surface area contributed by atoms with Gasteiger partial charge >= 0.3 is 11.9 Å². The molecule has 0 spiro atoms. The quantitative estimate of drug-likeness (QED) is 0.795. The first-order chi connectivity index (χ1) is 12.4. The van der Waals surface area contributed by atoms with E-state index in [0.29, 0.717) is 0 Å². The number of halogens is 2. The Kier molecular flexibility index (Phi) is 6.37. The van der Waals surface area contributed by atoms with Gasteiger partial charge in [0.05, 0.1) is 12.7 Å². The Balaban J connectivity index is 2.04. The molecular weight excluding hydrogens is 348 g/mol. The zero-order chi connectivity index (χ0) is 19.1. The molecule has 2 aromatic rings. The fourth-order valence-electron chi connectivity index (χ4n) is 2.04. The van der Waals surface area contributed by atoms with Crippen LogP contribution < -0.4 is 5.32 Å². The molecule has 0 aliphatic rings. The third kappa shape index (κ3) is 5.10. The Morgan fingerprint density at radius 1 is 1.00 bits per heavy atom. The van der Waals surface area contributed by atoms with Crippen molar-refractivity contribution >= 4 is 17.8 Å². The summed E-state index contributed by atoms with van der Waals surface area (Å²) in [4.78, 5) is 35.8. The minimum atomic E-state index is -1.31. The second-order valence-electron chi connectivity index (χ2n) is 5.17. The number of carbonyl (C=O) groups excluding carboxylic acids is 3. The van der Waals surface area contributed by atoms with Gasteiger partial charge in [-0.05, 0) is 36.4 Å². The van der Waals surface area contributed by atoms with Gasteiger partial charge in [0.15, 0.2) is 6.04 Å². The highest BCUT2D eigenvalue weighted by Crippen LogP contribution is 2.07. The van der Waals surface area contributed by atoms with Gasteiger partial charge in [-0.15, -0.1) is 0 Å². The first kappa shape index (κ1) is 19.0. The molecule has 1 N–H and O–H groups in total. The fourth-order valence-corrected chi connectivity index (χ4v) is 2.04. The van der Waals surface area contributed by atoms with E-state index in [2.05, 4.69) is 10.1 Å². The van der Waals surface area contributed by atoms with Crippen molar-refractivity contribution < 1.29 is 32.6 Å². The number of esters is 2. The lowest BCUT2D eigenvalue weighted by atomic mass is 10.2. The van der Waals surface area contributed by atoms with Gasteiger partial charge in [-0.1, -0.05) is 12.1 Å². The van der Waals surface area contributed by atoms with Crippen LogP contribution in [0.5, 0.6) is 0 Å². The molecule has 0 heterocycles. The summed E-state index contributed by atoms with van der Waals surface area (Å²) < 4.78 is 35.8. The van der Waals surface area contributed by atoms with Crippen LogP contribution in [-0.4, -0.2) is 37.6 Å². The van der Waals surface area contributed by atoms with E-state index in [4.69, 9.17) is 4.74 Å². The molecule has 0 saturated carbocycles. The zero-order valence-corrected chi connectivity index (χ0v) is 13.7. The van der Waals surface area contributed by atoms with Crippen molar-refractivity contribution in [2.75, 3.05) is 13.7 Å². The standard InChI is InChI=1S/C18H15F2NO5/c1-25-18(24)15(21-16(22)11-4-2-6-13(19)8-11)10-26-17(23)12-5-3-7-14(20)9-12/h2-9,15H,10H2,1H3,(H,21,22). The highest BCUT2D eigenvalue weighted by atomic mass is 19.1. The Hall–Kier alpha value is -3.29. The van der Waals surface area contributed by atoms with Crippen molar-refractivity contribution in [2.24, 2.45) is 0 Å². The van der Waals surface area contributed by atoms with Crippen LogP contribution in [0.2, 0.25) is 0 Å². The average Bonchev–Trinajstić information content (AvgIpc) is 2.64. The van der Waals surface area contributed by atoms with Crippen molar-refractivity contribution in [3.05, 3.63) is 71.3 Å². The molecule has 0 fully saturated rings. The van der Waals surface area contributed by atoms with Gasteiger partial charge in [-0.2, -0.15) is 0 Å². The van der Waals surface area contributed by atoms with Crippen LogP contribution in [0.25, 0.3) is 0 Å². The minimum absolute atomic E-state index is 0.0182. The lowest BCUT2D eigenvalue weighted by Gasteiger charge is -2.16. The monoisotopic (exact) mass is 363 g/mol. The SMILES string of the molecule is COC(=O)C(COC(=O)c1cccc(F)c1)NC(=O)c1cccc(F)c1. The molecule has 26 heavy (non-hydrogen) atoms. The number of methoxy groups -OCH3 is 1. The lowest BCUT2D eigenvalue weighted by Crippen LogP contribution is -2.45. The highest BCUT2D eigenvalue weighted by Gasteiger charge is 2.24. The summed E-state index contributed by atoms with van der Waals surface area (Å²) in [6, 6.07) is 8.33. The van der Waals surface area contributed by atoms with Crippen LogP contribution >= 0.6 is 0 Å². The molecule has 1 amide bonds. The molecule has 0 aromatic heterocycles. The zero-order valence-electron chi connectivity index (χ0n) is 13.7. The molecule has 0 aliphatic carbocycles. The van der Waals surface area contributed by atoms with Crippen LogP contribution in [-0.2, 0) is 14.3 Å². The normalized spacial score (nSPS) is 11.3. The first-order valence-electron chi connectivity index (χ1n) is 7.47. The summed E-state index contributed by atoms with van der Waals surface area (Å²) >= 11 is 0. The summed E-state index contributed by atoms with van der Waals surface area (Å²) in [5.41, 5.74) is -0.0690. The van der Waals surface area contributed by atoms with Crippen LogP contribution in [0.4, 0.5) is 8.78 Å². The molecule has 6 nitrogen and oxygen atoms in total. The average molecular weight is 363 g/mol. The smallest absolute Gasteiger partial charge is 0.338 e. The van der Waals surface area contributed by atoms with Crippen LogP contribution in [0.1, 0.15) is 20.7 Å². The highest BCUT2D eigenvalue weighted by molar-refractivity contribution is 5.97. The summed E-state index contributed by atoms with van der Waals surface area (Å²) in [6.07, 6.45) is 0. The van der Waals surface area contributed by atoms with Gasteiger partial charge in [0.1, 0.15) is 18.2 Å². The number of ether oxygens (including phenoxy) is 2. The van der Waals surface area contributed by atoms with Gasteiger partial charge < -0.3 is 14.8 Å². The third-order valence-electron chi connectivity index (χ3n) is 3.32. The van der Waals surface area contributed by atoms with Crippen molar-refractivity contribution in [1.29, 1.82) is 0 Å². The summed E-state index contributed by atoms with van der Waals surface area (Å²) in [7, 11) is 1.10. The molecule has 1 atom stereocenters. The molecule has 1 unspecified atom stereocenters. The maximum atomic E-state index is 13.2. The predicted octanol–water partition coefficient (Wildman–Crippen LogP) is 2.09. The number of benzene rings is 2. The van der Waals surface area contributed by atoms with E-state index < -0.39 is 42.1 Å². The summed E-state index contributed by atoms with van der Waals surface area (Å²) in [5, 5.41) is 2.30. The van der Waals surface area contributed by atoms with Gasteiger partial charge in [0.2, 0.25) is 0 Å². The van der Waals surface area contributed by atoms with Gasteiger partial charge in [-0.25, -0.2) is 18.4 Å². The summed E-state index contributed by atoms with van der Waals surface area (Å²) in [6.45, 7) is -0.539. The molecule has 0 bridgehead atoms. The van der Waals surface area contributed by atoms with Crippen LogP contribution in [0.3, 0.4) is 0 Å². The van der Waals surface area contributed by atoms with Crippen molar-refractivity contribution in [3.8, 4) is 0 Å².